The molecule has 0 fully saturated rings. The van der Waals surface area contributed by atoms with Gasteiger partial charge in [0.2, 0.25) is 0 Å². The maximum atomic E-state index is 7.17. The van der Waals surface area contributed by atoms with Gasteiger partial charge in [0.15, 0.2) is 5.52 Å². The van der Waals surface area contributed by atoms with E-state index in [2.05, 4.69) is 65.3 Å². The van der Waals surface area contributed by atoms with Crippen LogP contribution in [0, 0.1) is 20.4 Å². The van der Waals surface area contributed by atoms with E-state index in [4.69, 9.17) is 6.57 Å². The van der Waals surface area contributed by atoms with E-state index in [1.54, 1.807) is 0 Å². The molecule has 27 heavy (non-hydrogen) atoms. The molecule has 0 spiro atoms. The Morgan fingerprint density at radius 3 is 2.52 bits per heavy atom. The first kappa shape index (κ1) is 17.4. The van der Waals surface area contributed by atoms with Gasteiger partial charge in [-0.25, -0.2) is 4.98 Å². The van der Waals surface area contributed by atoms with E-state index in [9.17, 15) is 0 Å². The van der Waals surface area contributed by atoms with Crippen LogP contribution in [0.15, 0.2) is 42.7 Å². The second-order valence-electron chi connectivity index (χ2n) is 7.07. The molecule has 2 aromatic heterocycles. The predicted molar refractivity (Wildman–Crippen MR) is 112 cm³/mol. The Morgan fingerprint density at radius 1 is 1.11 bits per heavy atom. The fraction of sp³-hybridized carbons (Fsp3) is 0.227. The average Bonchev–Trinajstić information content (AvgIpc) is 3.26. The molecule has 0 saturated carbocycles. The summed E-state index contributed by atoms with van der Waals surface area (Å²) in [6.45, 7) is 15.9. The van der Waals surface area contributed by atoms with Gasteiger partial charge in [-0.1, -0.05) is 32.6 Å². The summed E-state index contributed by atoms with van der Waals surface area (Å²) in [7, 11) is 0. The van der Waals surface area contributed by atoms with Gasteiger partial charge in [-0.15, -0.1) is 16.3 Å². The normalized spacial score (nSPS) is 11.3. The molecule has 2 aromatic carbocycles. The Kier molecular flexibility index (Phi) is 4.29. The van der Waals surface area contributed by atoms with Gasteiger partial charge in [0.25, 0.3) is 0 Å². The van der Waals surface area contributed by atoms with Crippen LogP contribution >= 0.6 is 11.3 Å². The van der Waals surface area contributed by atoms with Gasteiger partial charge < -0.3 is 4.85 Å². The Labute approximate surface area is 163 Å². The van der Waals surface area contributed by atoms with Gasteiger partial charge >= 0.3 is 5.13 Å². The van der Waals surface area contributed by atoms with Crippen LogP contribution in [-0.4, -0.2) is 14.5 Å². The molecule has 0 aliphatic carbocycles. The minimum Gasteiger partial charge on any atom is -0.351 e. The Morgan fingerprint density at radius 2 is 1.85 bits per heavy atom. The van der Waals surface area contributed by atoms with Crippen LogP contribution in [0.4, 0.5) is 5.13 Å². The second-order valence-corrected chi connectivity index (χ2v) is 8.08. The highest BCUT2D eigenvalue weighted by molar-refractivity contribution is 7.22. The first-order valence-electron chi connectivity index (χ1n) is 8.91. The lowest BCUT2D eigenvalue weighted by Crippen LogP contribution is -2.03. The number of fused-ring (bicyclic) bond motifs is 1. The van der Waals surface area contributed by atoms with E-state index in [0.717, 1.165) is 21.6 Å². The zero-order chi connectivity index (χ0) is 19.1. The largest absolute Gasteiger partial charge is 0.351 e. The van der Waals surface area contributed by atoms with Crippen molar-refractivity contribution in [1.82, 2.24) is 14.5 Å². The van der Waals surface area contributed by atoms with Gasteiger partial charge in [0.05, 0.1) is 10.4 Å². The second kappa shape index (κ2) is 6.64. The highest BCUT2D eigenvalue weighted by Gasteiger charge is 2.15. The minimum atomic E-state index is 0.474. The van der Waals surface area contributed by atoms with Crippen LogP contribution in [0.25, 0.3) is 32.1 Å². The van der Waals surface area contributed by atoms with Crippen molar-refractivity contribution in [2.45, 2.75) is 33.6 Å². The first-order chi connectivity index (χ1) is 13.0. The van der Waals surface area contributed by atoms with E-state index < -0.39 is 0 Å². The summed E-state index contributed by atoms with van der Waals surface area (Å²) in [6.07, 6.45) is 3.85. The zero-order valence-corrected chi connectivity index (χ0v) is 16.6. The third-order valence-electron chi connectivity index (χ3n) is 4.79. The van der Waals surface area contributed by atoms with Crippen LogP contribution in [0.5, 0.6) is 0 Å². The average molecular weight is 372 g/mol. The van der Waals surface area contributed by atoms with Crippen molar-refractivity contribution in [2.75, 3.05) is 0 Å². The monoisotopic (exact) mass is 372 g/mol. The van der Waals surface area contributed by atoms with Gasteiger partial charge in [0.1, 0.15) is 5.82 Å². The molecule has 0 aliphatic heterocycles. The lowest BCUT2D eigenvalue weighted by atomic mass is 9.96. The van der Waals surface area contributed by atoms with E-state index in [1.807, 2.05) is 24.5 Å². The van der Waals surface area contributed by atoms with Crippen LogP contribution < -0.4 is 0 Å². The molecule has 0 amide bonds. The molecule has 0 radical (unpaired) electrons. The molecule has 0 bridgehead atoms. The minimum absolute atomic E-state index is 0.474. The van der Waals surface area contributed by atoms with Gasteiger partial charge in [-0.3, -0.25) is 4.57 Å². The molecule has 4 nitrogen and oxygen atoms in total. The van der Waals surface area contributed by atoms with E-state index >= 15 is 0 Å². The van der Waals surface area contributed by atoms with Crippen molar-refractivity contribution in [3.63, 3.8) is 0 Å². The summed E-state index contributed by atoms with van der Waals surface area (Å²) in [5.41, 5.74) is 6.91. The molecule has 0 saturated heterocycles. The molecule has 0 aliphatic rings. The number of imidazole rings is 1. The topological polar surface area (TPSA) is 35.1 Å². The van der Waals surface area contributed by atoms with Crippen molar-refractivity contribution < 1.29 is 0 Å². The van der Waals surface area contributed by atoms with Crippen LogP contribution in [0.1, 0.15) is 36.5 Å². The number of hydrogen-bond donors (Lipinski definition) is 0. The SMILES string of the molecule is [C-]#[N+]c1nc2ccc(-c3nccn3-c3c(C)cc(C(C)C)cc3C)cc2s1. The summed E-state index contributed by atoms with van der Waals surface area (Å²) < 4.78 is 3.17. The Balaban J connectivity index is 1.86. The number of nitrogens with zero attached hydrogens (tertiary/aromatic N) is 4. The predicted octanol–water partition coefficient (Wildman–Crippen LogP) is 6.44. The smallest absolute Gasteiger partial charge is 0.330 e. The summed E-state index contributed by atoms with van der Waals surface area (Å²) in [5, 5.41) is 0.474. The van der Waals surface area contributed by atoms with Gasteiger partial charge in [-0.2, -0.15) is 0 Å². The van der Waals surface area contributed by atoms with Crippen molar-refractivity contribution in [1.29, 1.82) is 0 Å². The van der Waals surface area contributed by atoms with Crippen LogP contribution in [0.3, 0.4) is 0 Å². The Bertz CT molecular complexity index is 1170. The van der Waals surface area contributed by atoms with Gasteiger partial charge in [0, 0.05) is 18.0 Å². The quantitative estimate of drug-likeness (QED) is 0.388. The number of aromatic nitrogens is 3. The summed E-state index contributed by atoms with van der Waals surface area (Å²) in [5.74, 6) is 1.40. The summed E-state index contributed by atoms with van der Waals surface area (Å²) in [4.78, 5) is 12.4. The number of rotatable bonds is 3. The molecular formula is C22H20N4S. The van der Waals surface area contributed by atoms with Gasteiger partial charge in [-0.05, 0) is 54.7 Å². The maximum Gasteiger partial charge on any atom is 0.330 e. The molecule has 0 atom stereocenters. The van der Waals surface area contributed by atoms with Crippen molar-refractivity contribution in [2.24, 2.45) is 0 Å². The Hall–Kier alpha value is -2.97. The first-order valence-corrected chi connectivity index (χ1v) is 9.73. The molecule has 0 unspecified atom stereocenters. The number of hydrogen-bond acceptors (Lipinski definition) is 3. The van der Waals surface area contributed by atoms with E-state index in [1.165, 1.54) is 33.7 Å². The molecule has 4 rings (SSSR count). The standard InChI is InChI=1S/C22H20N4S/c1-13(2)17-10-14(3)20(15(4)11-17)26-9-8-24-21(26)16-6-7-18-19(12-16)27-22(23-5)25-18/h6-13H,1-4H3. The molecule has 4 aromatic rings. The fourth-order valence-corrected chi connectivity index (χ4v) is 4.29. The van der Waals surface area contributed by atoms with Crippen LogP contribution in [0.2, 0.25) is 0 Å². The van der Waals surface area contributed by atoms with Crippen LogP contribution in [-0.2, 0) is 0 Å². The highest BCUT2D eigenvalue weighted by Crippen LogP contribution is 2.33. The number of aryl methyl sites for hydroxylation is 2. The van der Waals surface area contributed by atoms with Crippen molar-refractivity contribution in [3.05, 3.63) is 70.8 Å². The highest BCUT2D eigenvalue weighted by atomic mass is 32.1. The zero-order valence-electron chi connectivity index (χ0n) is 15.8. The van der Waals surface area contributed by atoms with Crippen molar-refractivity contribution >= 4 is 26.7 Å². The molecule has 0 N–H and O–H groups in total. The van der Waals surface area contributed by atoms with Crippen molar-refractivity contribution in [3.8, 4) is 17.1 Å². The summed E-state index contributed by atoms with van der Waals surface area (Å²) in [6, 6.07) is 10.6. The third-order valence-corrected chi connectivity index (χ3v) is 5.70. The third kappa shape index (κ3) is 3.02. The summed E-state index contributed by atoms with van der Waals surface area (Å²) >= 11 is 1.42. The lowest BCUT2D eigenvalue weighted by molar-refractivity contribution is 0.859. The fourth-order valence-electron chi connectivity index (χ4n) is 3.50. The number of benzene rings is 2. The number of thiazole rings is 1. The molecule has 5 heteroatoms. The maximum absolute atomic E-state index is 7.17. The van der Waals surface area contributed by atoms with E-state index in [-0.39, 0.29) is 0 Å². The molecule has 2 heterocycles. The molecule has 134 valence electrons. The molecular weight excluding hydrogens is 352 g/mol. The van der Waals surface area contributed by atoms with E-state index in [0.29, 0.717) is 11.0 Å². The lowest BCUT2D eigenvalue weighted by Gasteiger charge is -2.17.